The molecule has 5 heteroatoms. The number of pyridine rings is 1. The average Bonchev–Trinajstić information content (AvgIpc) is 2.84. The molecule has 0 aromatic carbocycles. The van der Waals surface area contributed by atoms with Crippen LogP contribution in [0.15, 0.2) is 16.8 Å². The van der Waals surface area contributed by atoms with Crippen LogP contribution in [0.3, 0.4) is 0 Å². The fourth-order valence-electron chi connectivity index (χ4n) is 1.89. The molecule has 0 radical (unpaired) electrons. The number of hydrogen-bond donors (Lipinski definition) is 1. The van der Waals surface area contributed by atoms with Gasteiger partial charge < -0.3 is 10.3 Å². The molecule has 1 atom stereocenters. The van der Waals surface area contributed by atoms with Crippen LogP contribution < -0.4 is 5.73 Å². The van der Waals surface area contributed by atoms with Gasteiger partial charge in [-0.2, -0.15) is 4.98 Å². The predicted molar refractivity (Wildman–Crippen MR) is 73.5 cm³/mol. The maximum absolute atomic E-state index is 5.59. The molecule has 0 saturated heterocycles. The van der Waals surface area contributed by atoms with Crippen molar-refractivity contribution in [2.24, 2.45) is 11.7 Å². The number of nitrogens with zero attached hydrogens (tertiary/aromatic N) is 3. The highest BCUT2D eigenvalue weighted by molar-refractivity contribution is 5.53. The van der Waals surface area contributed by atoms with Crippen molar-refractivity contribution in [3.8, 4) is 11.5 Å². The third kappa shape index (κ3) is 3.38. The molecule has 2 rings (SSSR count). The predicted octanol–water partition coefficient (Wildman–Crippen LogP) is 2.28. The van der Waals surface area contributed by atoms with Gasteiger partial charge in [0.05, 0.1) is 0 Å². The van der Waals surface area contributed by atoms with Crippen molar-refractivity contribution in [1.29, 1.82) is 0 Å². The van der Waals surface area contributed by atoms with Gasteiger partial charge in [0.15, 0.2) is 0 Å². The minimum Gasteiger partial charge on any atom is -0.339 e. The van der Waals surface area contributed by atoms with Gasteiger partial charge in [0.1, 0.15) is 5.69 Å². The molecule has 0 saturated carbocycles. The lowest BCUT2D eigenvalue weighted by atomic mass is 10.1. The second kappa shape index (κ2) is 5.93. The fourth-order valence-corrected chi connectivity index (χ4v) is 1.89. The molecule has 0 amide bonds. The molecular weight excluding hydrogens is 240 g/mol. The summed E-state index contributed by atoms with van der Waals surface area (Å²) in [5, 5.41) is 4.00. The fraction of sp³-hybridized carbons (Fsp3) is 0.500. The highest BCUT2D eigenvalue weighted by Crippen LogP contribution is 2.19. The molecule has 2 N–H and O–H groups in total. The summed E-state index contributed by atoms with van der Waals surface area (Å²) in [5.41, 5.74) is 8.56. The quantitative estimate of drug-likeness (QED) is 0.892. The lowest BCUT2D eigenvalue weighted by molar-refractivity contribution is 0.366. The largest absolute Gasteiger partial charge is 0.339 e. The Hall–Kier alpha value is -1.75. The van der Waals surface area contributed by atoms with Gasteiger partial charge >= 0.3 is 0 Å². The van der Waals surface area contributed by atoms with E-state index in [-0.39, 0.29) is 0 Å². The SMILES string of the molecule is Cc1cnc(-c2noc(CCC(C)CN)n2)c(C)c1. The van der Waals surface area contributed by atoms with Gasteiger partial charge in [-0.3, -0.25) is 4.98 Å². The van der Waals surface area contributed by atoms with Gasteiger partial charge in [0, 0.05) is 12.6 Å². The minimum absolute atomic E-state index is 0.467. The van der Waals surface area contributed by atoms with E-state index in [1.807, 2.05) is 20.0 Å². The number of nitrogens with two attached hydrogens (primary N) is 1. The standard InChI is InChI=1S/C14H20N4O/c1-9(7-15)4-5-12-17-14(18-19-12)13-11(3)6-10(2)8-16-13/h6,8-9H,4-5,7,15H2,1-3H3. The van der Waals surface area contributed by atoms with Gasteiger partial charge in [0.25, 0.3) is 0 Å². The smallest absolute Gasteiger partial charge is 0.227 e. The van der Waals surface area contributed by atoms with Gasteiger partial charge in [-0.15, -0.1) is 0 Å². The van der Waals surface area contributed by atoms with Crippen molar-refractivity contribution in [3.63, 3.8) is 0 Å². The third-order valence-corrected chi connectivity index (χ3v) is 3.15. The van der Waals surface area contributed by atoms with Crippen LogP contribution in [0.2, 0.25) is 0 Å². The van der Waals surface area contributed by atoms with E-state index in [1.54, 1.807) is 0 Å². The molecule has 2 heterocycles. The summed E-state index contributed by atoms with van der Waals surface area (Å²) in [5.74, 6) is 1.68. The molecule has 0 spiro atoms. The Balaban J connectivity index is 2.12. The highest BCUT2D eigenvalue weighted by atomic mass is 16.5. The van der Waals surface area contributed by atoms with E-state index in [1.165, 1.54) is 0 Å². The Labute approximate surface area is 113 Å². The summed E-state index contributed by atoms with van der Waals surface area (Å²) in [7, 11) is 0. The molecule has 0 bridgehead atoms. The summed E-state index contributed by atoms with van der Waals surface area (Å²) >= 11 is 0. The lowest BCUT2D eigenvalue weighted by Crippen LogP contribution is -2.11. The van der Waals surface area contributed by atoms with Crippen LogP contribution >= 0.6 is 0 Å². The second-order valence-corrected chi connectivity index (χ2v) is 5.07. The molecule has 0 aliphatic carbocycles. The number of aryl methyl sites for hydroxylation is 3. The van der Waals surface area contributed by atoms with E-state index < -0.39 is 0 Å². The molecule has 5 nitrogen and oxygen atoms in total. The molecule has 2 aromatic heterocycles. The van der Waals surface area contributed by atoms with Gasteiger partial charge in [-0.05, 0) is 43.9 Å². The van der Waals surface area contributed by atoms with Crippen LogP contribution in [0, 0.1) is 19.8 Å². The molecule has 0 fully saturated rings. The summed E-state index contributed by atoms with van der Waals surface area (Å²) in [6, 6.07) is 2.06. The number of hydrogen-bond acceptors (Lipinski definition) is 5. The Kier molecular flexibility index (Phi) is 4.27. The maximum atomic E-state index is 5.59. The van der Waals surface area contributed by atoms with E-state index in [2.05, 4.69) is 28.1 Å². The van der Waals surface area contributed by atoms with Crippen LogP contribution in [0.25, 0.3) is 11.5 Å². The second-order valence-electron chi connectivity index (χ2n) is 5.07. The van der Waals surface area contributed by atoms with Crippen molar-refractivity contribution >= 4 is 0 Å². The molecular formula is C14H20N4O. The van der Waals surface area contributed by atoms with Gasteiger partial charge in [-0.25, -0.2) is 0 Å². The lowest BCUT2D eigenvalue weighted by Gasteiger charge is -2.04. The normalized spacial score (nSPS) is 12.6. The van der Waals surface area contributed by atoms with Crippen LogP contribution in [-0.4, -0.2) is 21.7 Å². The molecule has 102 valence electrons. The summed E-state index contributed by atoms with van der Waals surface area (Å²) in [6.45, 7) is 6.81. The Morgan fingerprint density at radius 3 is 2.84 bits per heavy atom. The van der Waals surface area contributed by atoms with Crippen molar-refractivity contribution < 1.29 is 4.52 Å². The Bertz CT molecular complexity index is 550. The summed E-state index contributed by atoms with van der Waals surface area (Å²) in [6.07, 6.45) is 3.53. The Morgan fingerprint density at radius 2 is 2.16 bits per heavy atom. The van der Waals surface area contributed by atoms with Crippen LogP contribution in [0.5, 0.6) is 0 Å². The molecule has 1 unspecified atom stereocenters. The first kappa shape index (κ1) is 13.7. The summed E-state index contributed by atoms with van der Waals surface area (Å²) < 4.78 is 5.26. The topological polar surface area (TPSA) is 77.8 Å². The van der Waals surface area contributed by atoms with E-state index in [4.69, 9.17) is 10.3 Å². The monoisotopic (exact) mass is 260 g/mol. The van der Waals surface area contributed by atoms with Crippen molar-refractivity contribution in [1.82, 2.24) is 15.1 Å². The number of aromatic nitrogens is 3. The van der Waals surface area contributed by atoms with Crippen LogP contribution in [0.1, 0.15) is 30.4 Å². The molecule has 0 aliphatic heterocycles. The zero-order valence-electron chi connectivity index (χ0n) is 11.7. The highest BCUT2D eigenvalue weighted by Gasteiger charge is 2.13. The minimum atomic E-state index is 0.467. The van der Waals surface area contributed by atoms with E-state index in [0.717, 1.165) is 29.7 Å². The maximum Gasteiger partial charge on any atom is 0.227 e. The van der Waals surface area contributed by atoms with Gasteiger partial charge in [0.2, 0.25) is 11.7 Å². The first-order valence-corrected chi connectivity index (χ1v) is 6.56. The summed E-state index contributed by atoms with van der Waals surface area (Å²) in [4.78, 5) is 8.76. The first-order valence-electron chi connectivity index (χ1n) is 6.56. The van der Waals surface area contributed by atoms with E-state index in [0.29, 0.717) is 24.2 Å². The number of rotatable bonds is 5. The van der Waals surface area contributed by atoms with Crippen LogP contribution in [-0.2, 0) is 6.42 Å². The van der Waals surface area contributed by atoms with Crippen LogP contribution in [0.4, 0.5) is 0 Å². The first-order chi connectivity index (χ1) is 9.10. The molecule has 2 aromatic rings. The zero-order chi connectivity index (χ0) is 13.8. The third-order valence-electron chi connectivity index (χ3n) is 3.15. The van der Waals surface area contributed by atoms with Crippen molar-refractivity contribution in [2.75, 3.05) is 6.54 Å². The molecule has 19 heavy (non-hydrogen) atoms. The molecule has 0 aliphatic rings. The van der Waals surface area contributed by atoms with Gasteiger partial charge in [-0.1, -0.05) is 18.1 Å². The zero-order valence-corrected chi connectivity index (χ0v) is 11.7. The van der Waals surface area contributed by atoms with E-state index in [9.17, 15) is 0 Å². The average molecular weight is 260 g/mol. The van der Waals surface area contributed by atoms with E-state index >= 15 is 0 Å². The van der Waals surface area contributed by atoms with Crippen molar-refractivity contribution in [3.05, 3.63) is 29.3 Å². The Morgan fingerprint density at radius 1 is 1.37 bits per heavy atom. The van der Waals surface area contributed by atoms with Crippen molar-refractivity contribution in [2.45, 2.75) is 33.6 Å².